The lowest BCUT2D eigenvalue weighted by atomic mass is 10.00. The third-order valence-corrected chi connectivity index (χ3v) is 4.61. The molecule has 0 N–H and O–H groups in total. The first-order valence-corrected chi connectivity index (χ1v) is 9.33. The molecule has 1 nitrogen and oxygen atoms in total. The van der Waals surface area contributed by atoms with Gasteiger partial charge in [-0.25, -0.2) is 0 Å². The molecule has 0 fully saturated rings. The molecule has 0 heterocycles. The monoisotopic (exact) mass is 284 g/mol. The molecule has 0 rings (SSSR count). The average molecular weight is 285 g/mol. The Morgan fingerprint density at radius 1 is 0.550 bits per heavy atom. The lowest BCUT2D eigenvalue weighted by Crippen LogP contribution is -2.44. The van der Waals surface area contributed by atoms with E-state index in [0.717, 1.165) is 10.5 Å². The fourth-order valence-corrected chi connectivity index (χ4v) is 3.12. The molecule has 0 aromatic rings. The highest BCUT2D eigenvalue weighted by atomic mass is 15.3. The van der Waals surface area contributed by atoms with Gasteiger partial charge in [0, 0.05) is 0 Å². The number of hydrogen-bond acceptors (Lipinski definition) is 0. The summed E-state index contributed by atoms with van der Waals surface area (Å²) >= 11 is 0. The maximum Gasteiger partial charge on any atom is 0.0884 e. The highest BCUT2D eigenvalue weighted by Gasteiger charge is 2.21. The molecule has 1 unspecified atom stereocenters. The largest absolute Gasteiger partial charge is 0.328 e. The Labute approximate surface area is 129 Å². The van der Waals surface area contributed by atoms with Crippen molar-refractivity contribution in [2.45, 2.75) is 103 Å². The van der Waals surface area contributed by atoms with Crippen LogP contribution in [0.3, 0.4) is 0 Å². The molecule has 1 atom stereocenters. The predicted octanol–water partition coefficient (Wildman–Crippen LogP) is 6.17. The molecular weight excluding hydrogens is 242 g/mol. The van der Waals surface area contributed by atoms with E-state index >= 15 is 0 Å². The maximum atomic E-state index is 2.36. The van der Waals surface area contributed by atoms with E-state index in [1.54, 1.807) is 0 Å². The van der Waals surface area contributed by atoms with Crippen LogP contribution in [0.15, 0.2) is 0 Å². The summed E-state index contributed by atoms with van der Waals surface area (Å²) < 4.78 is 1.14. The number of rotatable bonds is 14. The van der Waals surface area contributed by atoms with E-state index in [2.05, 4.69) is 35.0 Å². The molecule has 0 aliphatic carbocycles. The molecule has 0 aromatic carbocycles. The minimum Gasteiger partial charge on any atom is -0.328 e. The SMILES string of the molecule is CCCCCCCCCCCCC(CCC)[N+](C)(C)C. The summed E-state index contributed by atoms with van der Waals surface area (Å²) in [5.41, 5.74) is 0. The van der Waals surface area contributed by atoms with Gasteiger partial charge in [0.2, 0.25) is 0 Å². The topological polar surface area (TPSA) is 0 Å². The van der Waals surface area contributed by atoms with E-state index < -0.39 is 0 Å². The van der Waals surface area contributed by atoms with Crippen LogP contribution in [-0.2, 0) is 0 Å². The van der Waals surface area contributed by atoms with Crippen LogP contribution in [0, 0.1) is 0 Å². The minimum atomic E-state index is 0.869. The number of hydrogen-bond donors (Lipinski definition) is 0. The van der Waals surface area contributed by atoms with Crippen molar-refractivity contribution in [2.75, 3.05) is 21.1 Å². The Morgan fingerprint density at radius 2 is 1.00 bits per heavy atom. The first-order valence-electron chi connectivity index (χ1n) is 9.33. The highest BCUT2D eigenvalue weighted by Crippen LogP contribution is 2.18. The average Bonchev–Trinajstić information content (AvgIpc) is 2.38. The van der Waals surface area contributed by atoms with Gasteiger partial charge in [0.1, 0.15) is 0 Å². The van der Waals surface area contributed by atoms with E-state index in [9.17, 15) is 0 Å². The summed E-state index contributed by atoms with van der Waals surface area (Å²) in [4.78, 5) is 0. The van der Waals surface area contributed by atoms with Crippen LogP contribution in [-0.4, -0.2) is 31.7 Å². The first kappa shape index (κ1) is 20.0. The second kappa shape index (κ2) is 12.7. The number of unbranched alkanes of at least 4 members (excludes halogenated alkanes) is 9. The molecule has 1 heteroatoms. The van der Waals surface area contributed by atoms with Crippen molar-refractivity contribution in [2.24, 2.45) is 0 Å². The van der Waals surface area contributed by atoms with E-state index in [1.807, 2.05) is 0 Å². The van der Waals surface area contributed by atoms with Gasteiger partial charge < -0.3 is 4.48 Å². The zero-order valence-corrected chi connectivity index (χ0v) is 15.2. The molecule has 0 radical (unpaired) electrons. The van der Waals surface area contributed by atoms with Crippen LogP contribution >= 0.6 is 0 Å². The molecule has 0 aliphatic rings. The normalized spacial score (nSPS) is 13.7. The fraction of sp³-hybridized carbons (Fsp3) is 1.00. The van der Waals surface area contributed by atoms with E-state index in [0.29, 0.717) is 0 Å². The van der Waals surface area contributed by atoms with Crippen LogP contribution < -0.4 is 0 Å². The third kappa shape index (κ3) is 11.8. The van der Waals surface area contributed by atoms with Crippen molar-refractivity contribution in [3.8, 4) is 0 Å². The standard InChI is InChI=1S/C19H42N/c1-6-8-9-10-11-12-13-14-15-16-18-19(17-7-2)20(3,4)5/h19H,6-18H2,1-5H3/q+1. The van der Waals surface area contributed by atoms with Crippen LogP contribution in [0.4, 0.5) is 0 Å². The van der Waals surface area contributed by atoms with Gasteiger partial charge in [-0.15, -0.1) is 0 Å². The molecular formula is C19H42N+. The smallest absolute Gasteiger partial charge is 0.0884 e. The van der Waals surface area contributed by atoms with Gasteiger partial charge >= 0.3 is 0 Å². The van der Waals surface area contributed by atoms with E-state index in [1.165, 1.54) is 83.5 Å². The lowest BCUT2D eigenvalue weighted by Gasteiger charge is -2.34. The summed E-state index contributed by atoms with van der Waals surface area (Å²) in [6, 6.07) is 0.869. The van der Waals surface area contributed by atoms with Crippen molar-refractivity contribution in [3.63, 3.8) is 0 Å². The van der Waals surface area contributed by atoms with E-state index in [-0.39, 0.29) is 0 Å². The van der Waals surface area contributed by atoms with Gasteiger partial charge in [0.15, 0.2) is 0 Å². The summed E-state index contributed by atoms with van der Waals surface area (Å²) in [5, 5.41) is 0. The first-order chi connectivity index (χ1) is 9.52. The second-order valence-corrected chi connectivity index (χ2v) is 7.53. The van der Waals surface area contributed by atoms with Crippen LogP contribution in [0.2, 0.25) is 0 Å². The zero-order valence-electron chi connectivity index (χ0n) is 15.2. The van der Waals surface area contributed by atoms with Crippen molar-refractivity contribution in [1.29, 1.82) is 0 Å². The number of nitrogens with zero attached hydrogens (tertiary/aromatic N) is 1. The van der Waals surface area contributed by atoms with Crippen molar-refractivity contribution < 1.29 is 4.48 Å². The van der Waals surface area contributed by atoms with Crippen LogP contribution in [0.1, 0.15) is 97.3 Å². The Morgan fingerprint density at radius 3 is 1.40 bits per heavy atom. The fourth-order valence-electron chi connectivity index (χ4n) is 3.12. The van der Waals surface area contributed by atoms with Gasteiger partial charge in [-0.3, -0.25) is 0 Å². The second-order valence-electron chi connectivity index (χ2n) is 7.53. The zero-order chi connectivity index (χ0) is 15.3. The Bertz CT molecular complexity index is 192. The third-order valence-electron chi connectivity index (χ3n) is 4.61. The summed E-state index contributed by atoms with van der Waals surface area (Å²) in [6.45, 7) is 4.61. The van der Waals surface area contributed by atoms with Gasteiger partial charge in [-0.1, -0.05) is 78.1 Å². The van der Waals surface area contributed by atoms with Crippen LogP contribution in [0.5, 0.6) is 0 Å². The number of quaternary nitrogens is 1. The molecule has 0 aromatic heterocycles. The van der Waals surface area contributed by atoms with Gasteiger partial charge in [0.05, 0.1) is 27.2 Å². The predicted molar refractivity (Wildman–Crippen MR) is 93.2 cm³/mol. The molecule has 0 spiro atoms. The summed E-state index contributed by atoms with van der Waals surface area (Å²) in [6.07, 6.45) is 18.6. The minimum absolute atomic E-state index is 0.869. The van der Waals surface area contributed by atoms with Gasteiger partial charge in [0.25, 0.3) is 0 Å². The summed E-state index contributed by atoms with van der Waals surface area (Å²) in [5.74, 6) is 0. The molecule has 122 valence electrons. The molecule has 0 bridgehead atoms. The Kier molecular flexibility index (Phi) is 12.7. The molecule has 0 amide bonds. The van der Waals surface area contributed by atoms with Crippen molar-refractivity contribution in [3.05, 3.63) is 0 Å². The molecule has 20 heavy (non-hydrogen) atoms. The van der Waals surface area contributed by atoms with Crippen molar-refractivity contribution >= 4 is 0 Å². The Hall–Kier alpha value is -0.0400. The van der Waals surface area contributed by atoms with Gasteiger partial charge in [-0.2, -0.15) is 0 Å². The van der Waals surface area contributed by atoms with Gasteiger partial charge in [-0.05, 0) is 19.3 Å². The quantitative estimate of drug-likeness (QED) is 0.264. The van der Waals surface area contributed by atoms with E-state index in [4.69, 9.17) is 0 Å². The Balaban J connectivity index is 3.41. The molecule has 0 saturated carbocycles. The summed E-state index contributed by atoms with van der Waals surface area (Å²) in [7, 11) is 7.07. The maximum absolute atomic E-state index is 2.36. The lowest BCUT2D eigenvalue weighted by molar-refractivity contribution is -0.896. The van der Waals surface area contributed by atoms with Crippen LogP contribution in [0.25, 0.3) is 0 Å². The molecule has 0 saturated heterocycles. The van der Waals surface area contributed by atoms with Crippen molar-refractivity contribution in [1.82, 2.24) is 0 Å². The molecule has 0 aliphatic heterocycles. The highest BCUT2D eigenvalue weighted by molar-refractivity contribution is 4.58.